The van der Waals surface area contributed by atoms with Crippen molar-refractivity contribution in [3.05, 3.63) is 76.1 Å². The molecular weight excluding hydrogens is 420 g/mol. The molecule has 31 heavy (non-hydrogen) atoms. The number of sulfonamides is 1. The van der Waals surface area contributed by atoms with E-state index in [2.05, 4.69) is 5.32 Å². The van der Waals surface area contributed by atoms with Crippen molar-refractivity contribution in [1.82, 2.24) is 9.62 Å². The highest BCUT2D eigenvalue weighted by molar-refractivity contribution is 7.89. The Morgan fingerprint density at radius 3 is 2.48 bits per heavy atom. The third-order valence-electron chi connectivity index (χ3n) is 5.12. The van der Waals surface area contributed by atoms with E-state index in [1.807, 2.05) is 0 Å². The van der Waals surface area contributed by atoms with E-state index in [4.69, 9.17) is 9.15 Å². The molecule has 1 fully saturated rings. The summed E-state index contributed by atoms with van der Waals surface area (Å²) in [7, 11) is -3.53. The first-order valence-corrected chi connectivity index (χ1v) is 11.4. The fourth-order valence-electron chi connectivity index (χ4n) is 3.40. The van der Waals surface area contributed by atoms with Crippen LogP contribution in [0.25, 0.3) is 11.0 Å². The second kappa shape index (κ2) is 9.01. The zero-order valence-corrected chi connectivity index (χ0v) is 17.6. The van der Waals surface area contributed by atoms with Crippen LogP contribution in [-0.4, -0.2) is 51.5 Å². The topological polar surface area (TPSA) is 106 Å². The Morgan fingerprint density at radius 2 is 1.74 bits per heavy atom. The maximum atomic E-state index is 12.7. The Kier molecular flexibility index (Phi) is 6.17. The van der Waals surface area contributed by atoms with Gasteiger partial charge in [0.1, 0.15) is 11.1 Å². The van der Waals surface area contributed by atoms with E-state index in [0.29, 0.717) is 50.2 Å². The van der Waals surface area contributed by atoms with Crippen LogP contribution in [-0.2, 0) is 21.2 Å². The maximum absolute atomic E-state index is 12.7. The zero-order valence-electron chi connectivity index (χ0n) is 16.7. The SMILES string of the molecule is O=C(NCCc1ccc(S(=O)(=O)N2CCOCC2)cc1)c1cc2ccccc2oc1=O. The minimum atomic E-state index is -3.53. The zero-order chi connectivity index (χ0) is 21.8. The molecule has 0 radical (unpaired) electrons. The number of benzene rings is 2. The molecule has 2 aromatic carbocycles. The van der Waals surface area contributed by atoms with Crippen LogP contribution in [0, 0.1) is 0 Å². The number of para-hydroxylation sites is 1. The first-order valence-electron chi connectivity index (χ1n) is 9.93. The van der Waals surface area contributed by atoms with Crippen molar-refractivity contribution in [3.63, 3.8) is 0 Å². The van der Waals surface area contributed by atoms with Crippen LogP contribution in [0.2, 0.25) is 0 Å². The van der Waals surface area contributed by atoms with Gasteiger partial charge in [0.25, 0.3) is 5.91 Å². The summed E-state index contributed by atoms with van der Waals surface area (Å²) in [4.78, 5) is 24.7. The highest BCUT2D eigenvalue weighted by Gasteiger charge is 2.26. The number of carbonyl (C=O) groups is 1. The molecule has 1 amide bonds. The molecule has 0 spiro atoms. The van der Waals surface area contributed by atoms with Gasteiger partial charge in [0, 0.05) is 25.0 Å². The molecule has 9 heteroatoms. The Morgan fingerprint density at radius 1 is 1.03 bits per heavy atom. The largest absolute Gasteiger partial charge is 0.422 e. The summed E-state index contributed by atoms with van der Waals surface area (Å²) in [6, 6.07) is 15.1. The van der Waals surface area contributed by atoms with Gasteiger partial charge < -0.3 is 14.5 Å². The fourth-order valence-corrected chi connectivity index (χ4v) is 4.81. The molecule has 1 aliphatic rings. The molecule has 4 rings (SSSR count). The number of fused-ring (bicyclic) bond motifs is 1. The van der Waals surface area contributed by atoms with Crippen LogP contribution >= 0.6 is 0 Å². The second-order valence-electron chi connectivity index (χ2n) is 7.15. The van der Waals surface area contributed by atoms with Gasteiger partial charge in [-0.1, -0.05) is 30.3 Å². The number of hydrogen-bond acceptors (Lipinski definition) is 6. The van der Waals surface area contributed by atoms with E-state index in [-0.39, 0.29) is 10.5 Å². The van der Waals surface area contributed by atoms with Gasteiger partial charge in [0.05, 0.1) is 18.1 Å². The number of rotatable bonds is 6. The summed E-state index contributed by atoms with van der Waals surface area (Å²) in [5.41, 5.74) is 0.558. The molecule has 2 heterocycles. The standard InChI is InChI=1S/C22H22N2O6S/c25-21(19-15-17-3-1-2-4-20(17)30-22(19)26)23-10-9-16-5-7-18(8-6-16)31(27,28)24-11-13-29-14-12-24/h1-8,15H,9-14H2,(H,23,25). The van der Waals surface area contributed by atoms with E-state index in [0.717, 1.165) is 5.56 Å². The minimum absolute atomic E-state index is 0.0503. The summed E-state index contributed by atoms with van der Waals surface area (Å²) in [6.07, 6.45) is 0.489. The molecule has 162 valence electrons. The second-order valence-corrected chi connectivity index (χ2v) is 9.09. The molecule has 0 bridgehead atoms. The van der Waals surface area contributed by atoms with Gasteiger partial charge in [-0.05, 0) is 36.2 Å². The van der Waals surface area contributed by atoms with Gasteiger partial charge in [-0.25, -0.2) is 13.2 Å². The lowest BCUT2D eigenvalue weighted by Crippen LogP contribution is -2.40. The third kappa shape index (κ3) is 4.68. The van der Waals surface area contributed by atoms with Gasteiger partial charge in [-0.15, -0.1) is 0 Å². The predicted octanol–water partition coefficient (Wildman–Crippen LogP) is 1.79. The molecule has 0 aliphatic carbocycles. The van der Waals surface area contributed by atoms with Gasteiger partial charge in [0.2, 0.25) is 10.0 Å². The molecule has 1 saturated heterocycles. The van der Waals surface area contributed by atoms with Crippen molar-refractivity contribution in [1.29, 1.82) is 0 Å². The molecule has 1 aromatic heterocycles. The normalized spacial score (nSPS) is 15.1. The van der Waals surface area contributed by atoms with E-state index in [9.17, 15) is 18.0 Å². The van der Waals surface area contributed by atoms with E-state index < -0.39 is 21.6 Å². The van der Waals surface area contributed by atoms with E-state index in [1.165, 1.54) is 10.4 Å². The number of nitrogens with one attached hydrogen (secondary N) is 1. The fraction of sp³-hybridized carbons (Fsp3) is 0.273. The molecule has 1 aliphatic heterocycles. The van der Waals surface area contributed by atoms with Gasteiger partial charge in [-0.3, -0.25) is 4.79 Å². The summed E-state index contributed by atoms with van der Waals surface area (Å²) in [6.45, 7) is 1.78. The lowest BCUT2D eigenvalue weighted by atomic mass is 10.1. The number of amides is 1. The molecule has 1 N–H and O–H groups in total. The molecule has 8 nitrogen and oxygen atoms in total. The summed E-state index contributed by atoms with van der Waals surface area (Å²) < 4.78 is 37.1. The number of nitrogens with zero attached hydrogens (tertiary/aromatic N) is 1. The first-order chi connectivity index (χ1) is 14.9. The number of carbonyl (C=O) groups excluding carboxylic acids is 1. The maximum Gasteiger partial charge on any atom is 0.349 e. The van der Waals surface area contributed by atoms with Crippen molar-refractivity contribution in [2.24, 2.45) is 0 Å². The van der Waals surface area contributed by atoms with Crippen molar-refractivity contribution in [2.45, 2.75) is 11.3 Å². The smallest absolute Gasteiger partial charge is 0.349 e. The summed E-state index contributed by atoms with van der Waals surface area (Å²) in [5, 5.41) is 3.38. The van der Waals surface area contributed by atoms with Crippen molar-refractivity contribution >= 4 is 26.9 Å². The summed E-state index contributed by atoms with van der Waals surface area (Å²) in [5.74, 6) is -0.508. The monoisotopic (exact) mass is 442 g/mol. The van der Waals surface area contributed by atoms with Gasteiger partial charge in [-0.2, -0.15) is 4.31 Å². The number of hydrogen-bond donors (Lipinski definition) is 1. The van der Waals surface area contributed by atoms with Crippen LogP contribution < -0.4 is 10.9 Å². The molecule has 0 atom stereocenters. The third-order valence-corrected chi connectivity index (χ3v) is 7.03. The highest BCUT2D eigenvalue weighted by Crippen LogP contribution is 2.18. The Bertz CT molecular complexity index is 1240. The average Bonchev–Trinajstić information content (AvgIpc) is 2.79. The lowest BCUT2D eigenvalue weighted by Gasteiger charge is -2.26. The first kappa shape index (κ1) is 21.2. The minimum Gasteiger partial charge on any atom is -0.422 e. The average molecular weight is 442 g/mol. The molecule has 0 saturated carbocycles. The van der Waals surface area contributed by atoms with Crippen LogP contribution in [0.4, 0.5) is 0 Å². The van der Waals surface area contributed by atoms with Gasteiger partial charge in [0.15, 0.2) is 0 Å². The Labute approximate surface area is 179 Å². The highest BCUT2D eigenvalue weighted by atomic mass is 32.2. The van der Waals surface area contributed by atoms with Crippen LogP contribution in [0.5, 0.6) is 0 Å². The van der Waals surface area contributed by atoms with Crippen molar-refractivity contribution < 1.29 is 22.4 Å². The molecular formula is C22H22N2O6S. The summed E-state index contributed by atoms with van der Waals surface area (Å²) >= 11 is 0. The predicted molar refractivity (Wildman–Crippen MR) is 115 cm³/mol. The lowest BCUT2D eigenvalue weighted by molar-refractivity contribution is 0.0730. The van der Waals surface area contributed by atoms with Crippen molar-refractivity contribution in [2.75, 3.05) is 32.8 Å². The van der Waals surface area contributed by atoms with Crippen molar-refractivity contribution in [3.8, 4) is 0 Å². The quantitative estimate of drug-likeness (QED) is 0.584. The van der Waals surface area contributed by atoms with Gasteiger partial charge >= 0.3 is 5.63 Å². The Balaban J connectivity index is 1.37. The Hall–Kier alpha value is -3.01. The molecule has 3 aromatic rings. The van der Waals surface area contributed by atoms with E-state index >= 15 is 0 Å². The number of morpholine rings is 1. The number of ether oxygens (including phenoxy) is 1. The van der Waals surface area contributed by atoms with Crippen LogP contribution in [0.3, 0.4) is 0 Å². The molecule has 0 unspecified atom stereocenters. The van der Waals surface area contributed by atoms with Crippen LogP contribution in [0.15, 0.2) is 68.7 Å². The van der Waals surface area contributed by atoms with E-state index in [1.54, 1.807) is 48.5 Å². The van der Waals surface area contributed by atoms with Crippen LogP contribution in [0.1, 0.15) is 15.9 Å².